The monoisotopic (exact) mass is 450 g/mol. The van der Waals surface area contributed by atoms with Crippen molar-refractivity contribution < 1.29 is 9.47 Å². The van der Waals surface area contributed by atoms with E-state index in [0.29, 0.717) is 24.0 Å². The van der Waals surface area contributed by atoms with Gasteiger partial charge in [0.15, 0.2) is 11.5 Å². The van der Waals surface area contributed by atoms with Gasteiger partial charge in [0.05, 0.1) is 10.4 Å². The van der Waals surface area contributed by atoms with Crippen LogP contribution in [-0.4, -0.2) is 13.2 Å². The lowest BCUT2D eigenvalue weighted by Crippen LogP contribution is -2.15. The first-order chi connectivity index (χ1) is 10.1. The average molecular weight is 453 g/mol. The molecule has 0 aromatic heterocycles. The SMILES string of the molecule is Clc1cc(C(Cl)c2cc3c(cc2Br)OCCO3)ccc1Br. The van der Waals surface area contributed by atoms with Gasteiger partial charge in [-0.15, -0.1) is 11.6 Å². The summed E-state index contributed by atoms with van der Waals surface area (Å²) in [6.45, 7) is 1.11. The molecule has 0 bridgehead atoms. The minimum Gasteiger partial charge on any atom is -0.486 e. The predicted molar refractivity (Wildman–Crippen MR) is 92.0 cm³/mol. The van der Waals surface area contributed by atoms with Gasteiger partial charge in [0, 0.05) is 8.95 Å². The normalized spacial score (nSPS) is 14.9. The highest BCUT2D eigenvalue weighted by atomic mass is 79.9. The summed E-state index contributed by atoms with van der Waals surface area (Å²) >= 11 is 19.7. The maximum absolute atomic E-state index is 6.60. The second-order valence-corrected chi connectivity index (χ2v) is 7.11. The molecule has 0 N–H and O–H groups in total. The minimum atomic E-state index is -0.333. The Labute approximate surface area is 149 Å². The molecule has 0 saturated heterocycles. The van der Waals surface area contributed by atoms with Crippen LogP contribution in [0.15, 0.2) is 39.3 Å². The molecule has 110 valence electrons. The predicted octanol–water partition coefficient (Wildman–Crippen LogP) is 5.96. The third-order valence-corrected chi connectivity index (χ3v) is 5.58. The van der Waals surface area contributed by atoms with E-state index in [4.69, 9.17) is 32.7 Å². The van der Waals surface area contributed by atoms with E-state index in [1.165, 1.54) is 0 Å². The summed E-state index contributed by atoms with van der Waals surface area (Å²) < 4.78 is 12.9. The molecule has 2 aromatic carbocycles. The van der Waals surface area contributed by atoms with E-state index >= 15 is 0 Å². The van der Waals surface area contributed by atoms with Gasteiger partial charge in [-0.3, -0.25) is 0 Å². The fourth-order valence-electron chi connectivity index (χ4n) is 2.12. The van der Waals surface area contributed by atoms with Crippen molar-refractivity contribution in [2.45, 2.75) is 5.38 Å². The number of ether oxygens (including phenoxy) is 2. The average Bonchev–Trinajstić information content (AvgIpc) is 2.48. The highest BCUT2D eigenvalue weighted by Crippen LogP contribution is 2.42. The molecule has 1 heterocycles. The molecule has 1 unspecified atom stereocenters. The Balaban J connectivity index is 2.00. The van der Waals surface area contributed by atoms with Crippen LogP contribution in [0.2, 0.25) is 5.02 Å². The highest BCUT2D eigenvalue weighted by Gasteiger charge is 2.20. The van der Waals surface area contributed by atoms with Gasteiger partial charge in [0.25, 0.3) is 0 Å². The largest absolute Gasteiger partial charge is 0.486 e. The molecule has 0 radical (unpaired) electrons. The molecular formula is C15H10Br2Cl2O2. The number of fused-ring (bicyclic) bond motifs is 1. The number of hydrogen-bond donors (Lipinski definition) is 0. The maximum Gasteiger partial charge on any atom is 0.162 e. The zero-order chi connectivity index (χ0) is 15.0. The molecule has 1 aliphatic rings. The van der Waals surface area contributed by atoms with E-state index < -0.39 is 0 Å². The molecule has 2 nitrogen and oxygen atoms in total. The molecule has 0 saturated carbocycles. The van der Waals surface area contributed by atoms with Crippen molar-refractivity contribution in [2.24, 2.45) is 0 Å². The number of halogens is 4. The van der Waals surface area contributed by atoms with Crippen molar-refractivity contribution in [3.8, 4) is 11.5 Å². The minimum absolute atomic E-state index is 0.333. The quantitative estimate of drug-likeness (QED) is 0.523. The van der Waals surface area contributed by atoms with E-state index in [1.54, 1.807) is 0 Å². The first-order valence-corrected chi connectivity index (χ1v) is 8.64. The summed E-state index contributed by atoms with van der Waals surface area (Å²) in [6.07, 6.45) is 0. The molecule has 21 heavy (non-hydrogen) atoms. The van der Waals surface area contributed by atoms with Gasteiger partial charge < -0.3 is 9.47 Å². The van der Waals surface area contributed by atoms with Crippen LogP contribution in [0.4, 0.5) is 0 Å². The van der Waals surface area contributed by atoms with Gasteiger partial charge in [-0.2, -0.15) is 0 Å². The third-order valence-electron chi connectivity index (χ3n) is 3.17. The zero-order valence-corrected chi connectivity index (χ0v) is 15.4. The van der Waals surface area contributed by atoms with Gasteiger partial charge >= 0.3 is 0 Å². The van der Waals surface area contributed by atoms with Crippen molar-refractivity contribution in [3.05, 3.63) is 55.4 Å². The summed E-state index contributed by atoms with van der Waals surface area (Å²) in [5, 5.41) is 0.299. The Morgan fingerprint density at radius 2 is 1.62 bits per heavy atom. The van der Waals surface area contributed by atoms with Crippen molar-refractivity contribution in [3.63, 3.8) is 0 Å². The maximum atomic E-state index is 6.60. The van der Waals surface area contributed by atoms with Gasteiger partial charge in [-0.25, -0.2) is 0 Å². The Morgan fingerprint density at radius 1 is 0.952 bits per heavy atom. The topological polar surface area (TPSA) is 18.5 Å². The Hall–Kier alpha value is -0.420. The lowest BCUT2D eigenvalue weighted by atomic mass is 10.0. The molecule has 6 heteroatoms. The van der Waals surface area contributed by atoms with Crippen molar-refractivity contribution in [1.82, 2.24) is 0 Å². The number of benzene rings is 2. The first kappa shape index (κ1) is 15.5. The molecule has 0 aliphatic carbocycles. The van der Waals surface area contributed by atoms with E-state index in [1.807, 2.05) is 30.3 Å². The summed E-state index contributed by atoms with van der Waals surface area (Å²) in [6, 6.07) is 9.48. The Bertz CT molecular complexity index is 692. The third kappa shape index (κ3) is 3.19. The fraction of sp³-hybridized carbons (Fsp3) is 0.200. The second-order valence-electron chi connectivity index (χ2n) is 4.55. The molecule has 1 atom stereocenters. The van der Waals surface area contributed by atoms with Gasteiger partial charge in [-0.1, -0.05) is 33.6 Å². The van der Waals surface area contributed by atoms with E-state index in [-0.39, 0.29) is 5.38 Å². The van der Waals surface area contributed by atoms with Crippen LogP contribution in [0.5, 0.6) is 11.5 Å². The van der Waals surface area contributed by atoms with Gasteiger partial charge in [-0.05, 0) is 51.3 Å². The molecule has 2 aromatic rings. The molecule has 1 aliphatic heterocycles. The molecule has 0 fully saturated rings. The molecule has 3 rings (SSSR count). The Kier molecular flexibility index (Phi) is 4.69. The van der Waals surface area contributed by atoms with E-state index in [0.717, 1.165) is 25.8 Å². The van der Waals surface area contributed by atoms with Crippen LogP contribution < -0.4 is 9.47 Å². The van der Waals surface area contributed by atoms with Crippen LogP contribution >= 0.6 is 55.1 Å². The Morgan fingerprint density at radius 3 is 2.29 bits per heavy atom. The summed E-state index contributed by atoms with van der Waals surface area (Å²) in [4.78, 5) is 0. The van der Waals surface area contributed by atoms with Crippen LogP contribution in [0, 0.1) is 0 Å². The summed E-state index contributed by atoms with van der Waals surface area (Å²) in [5.41, 5.74) is 1.83. The summed E-state index contributed by atoms with van der Waals surface area (Å²) in [7, 11) is 0. The smallest absolute Gasteiger partial charge is 0.162 e. The number of hydrogen-bond acceptors (Lipinski definition) is 2. The highest BCUT2D eigenvalue weighted by molar-refractivity contribution is 9.10. The molecular weight excluding hydrogens is 443 g/mol. The van der Waals surface area contributed by atoms with E-state index in [9.17, 15) is 0 Å². The second kappa shape index (κ2) is 6.37. The lowest BCUT2D eigenvalue weighted by Gasteiger charge is -2.21. The zero-order valence-electron chi connectivity index (χ0n) is 10.7. The van der Waals surface area contributed by atoms with Crippen molar-refractivity contribution in [2.75, 3.05) is 13.2 Å². The lowest BCUT2D eigenvalue weighted by molar-refractivity contribution is 0.171. The fourth-order valence-corrected chi connectivity index (χ4v) is 3.56. The number of alkyl halides is 1. The van der Waals surface area contributed by atoms with E-state index in [2.05, 4.69) is 31.9 Å². The standard InChI is InChI=1S/C15H10Br2Cl2O2/c16-10-2-1-8(5-12(10)18)15(19)9-6-13-14(7-11(9)17)21-4-3-20-13/h1-2,5-7,15H,3-4H2. The van der Waals surface area contributed by atoms with Crippen LogP contribution in [0.1, 0.15) is 16.5 Å². The van der Waals surface area contributed by atoms with Gasteiger partial charge in [0.2, 0.25) is 0 Å². The summed E-state index contributed by atoms with van der Waals surface area (Å²) in [5.74, 6) is 1.45. The molecule has 0 amide bonds. The van der Waals surface area contributed by atoms with Crippen molar-refractivity contribution in [1.29, 1.82) is 0 Å². The van der Waals surface area contributed by atoms with Crippen LogP contribution in [0.3, 0.4) is 0 Å². The van der Waals surface area contributed by atoms with Crippen molar-refractivity contribution >= 4 is 55.1 Å². The molecule has 0 spiro atoms. The number of rotatable bonds is 2. The first-order valence-electron chi connectivity index (χ1n) is 6.24. The van der Waals surface area contributed by atoms with Crippen LogP contribution in [-0.2, 0) is 0 Å². The van der Waals surface area contributed by atoms with Crippen LogP contribution in [0.25, 0.3) is 0 Å². The van der Waals surface area contributed by atoms with Gasteiger partial charge in [0.1, 0.15) is 13.2 Å².